The molecule has 2 aromatic rings. The normalized spacial score (nSPS) is 24.4. The first-order valence-corrected chi connectivity index (χ1v) is 13.6. The van der Waals surface area contributed by atoms with Crippen LogP contribution in [0.15, 0.2) is 42.6 Å². The molecule has 2 fully saturated rings. The van der Waals surface area contributed by atoms with E-state index in [1.54, 1.807) is 0 Å². The molecule has 8 heteroatoms. The summed E-state index contributed by atoms with van der Waals surface area (Å²) >= 11 is 0. The van der Waals surface area contributed by atoms with E-state index in [-0.39, 0.29) is 29.2 Å². The molecule has 1 aliphatic heterocycles. The Morgan fingerprint density at radius 1 is 1.05 bits per heavy atom. The number of rotatable bonds is 7. The van der Waals surface area contributed by atoms with Crippen LogP contribution in [0.2, 0.25) is 0 Å². The van der Waals surface area contributed by atoms with Gasteiger partial charge in [-0.2, -0.15) is 0 Å². The molecule has 4 atom stereocenters. The van der Waals surface area contributed by atoms with Crippen LogP contribution in [-0.4, -0.2) is 42.1 Å². The van der Waals surface area contributed by atoms with E-state index in [0.29, 0.717) is 18.3 Å². The third-order valence-electron chi connectivity index (χ3n) is 7.88. The molecule has 1 saturated heterocycles. The lowest BCUT2D eigenvalue weighted by molar-refractivity contribution is -0.155. The highest BCUT2D eigenvalue weighted by Crippen LogP contribution is 2.42. The largest absolute Gasteiger partial charge is 0.493 e. The summed E-state index contributed by atoms with van der Waals surface area (Å²) in [6, 6.07) is 11.2. The highest BCUT2D eigenvalue weighted by Gasteiger charge is 2.39. The zero-order valence-corrected chi connectivity index (χ0v) is 22.5. The zero-order chi connectivity index (χ0) is 27.1. The number of pyridine rings is 1. The summed E-state index contributed by atoms with van der Waals surface area (Å²) in [6.45, 7) is 3.24. The number of aromatic nitrogens is 1. The van der Waals surface area contributed by atoms with Crippen molar-refractivity contribution in [1.29, 1.82) is 0 Å². The Bertz CT molecular complexity index is 1110. The Labute approximate surface area is 224 Å². The number of hydrogen-bond donors (Lipinski definition) is 1. The molecule has 2 aliphatic rings. The van der Waals surface area contributed by atoms with Gasteiger partial charge in [-0.1, -0.05) is 62.4 Å². The highest BCUT2D eigenvalue weighted by atomic mass is 16.6. The third-order valence-corrected chi connectivity index (χ3v) is 7.88. The van der Waals surface area contributed by atoms with Gasteiger partial charge < -0.3 is 19.5 Å². The number of carbonyl (C=O) groups excluding carboxylic acids is 3. The first-order valence-electron chi connectivity index (χ1n) is 13.6. The Hall–Kier alpha value is -3.42. The van der Waals surface area contributed by atoms with Gasteiger partial charge >= 0.3 is 11.9 Å². The summed E-state index contributed by atoms with van der Waals surface area (Å²) in [7, 11) is 1.41. The molecule has 2 heterocycles. The number of nitrogens with one attached hydrogen (secondary N) is 1. The van der Waals surface area contributed by atoms with Crippen molar-refractivity contribution in [2.45, 2.75) is 77.4 Å². The first-order chi connectivity index (χ1) is 18.4. The quantitative estimate of drug-likeness (QED) is 0.516. The average Bonchev–Trinajstić information content (AvgIpc) is 3.43. The van der Waals surface area contributed by atoms with Gasteiger partial charge in [0, 0.05) is 25.1 Å². The molecule has 8 nitrogen and oxygen atoms in total. The van der Waals surface area contributed by atoms with Crippen molar-refractivity contribution in [2.24, 2.45) is 17.8 Å². The molecule has 0 radical (unpaired) electrons. The van der Waals surface area contributed by atoms with Crippen molar-refractivity contribution in [3.8, 4) is 11.5 Å². The molecule has 0 unspecified atom stereocenters. The highest BCUT2D eigenvalue weighted by molar-refractivity contribution is 5.98. The van der Waals surface area contributed by atoms with E-state index >= 15 is 0 Å². The number of amides is 1. The molecule has 4 rings (SSSR count). The molecule has 0 bridgehead atoms. The fourth-order valence-electron chi connectivity index (χ4n) is 6.24. The van der Waals surface area contributed by atoms with Crippen molar-refractivity contribution >= 4 is 17.8 Å². The van der Waals surface area contributed by atoms with Gasteiger partial charge in [0.2, 0.25) is 5.75 Å². The minimum Gasteiger partial charge on any atom is -0.493 e. The number of methoxy groups -OCH3 is 1. The minimum atomic E-state index is -0.831. The van der Waals surface area contributed by atoms with E-state index in [1.165, 1.54) is 57.5 Å². The molecule has 1 aliphatic carbocycles. The van der Waals surface area contributed by atoms with Gasteiger partial charge in [-0.15, -0.1) is 0 Å². The maximum atomic E-state index is 13.3. The SMILES string of the molecule is COc1ccnc(C(=O)N[C@H]2CCC[C@H](Cc3ccccc3)[C@@H](C3CCCC3)[C@H](C)OC2=O)c1OC(C)=O. The number of carbonyl (C=O) groups is 3. The Morgan fingerprint density at radius 2 is 1.79 bits per heavy atom. The van der Waals surface area contributed by atoms with E-state index in [4.69, 9.17) is 14.2 Å². The van der Waals surface area contributed by atoms with Crippen molar-refractivity contribution in [1.82, 2.24) is 10.3 Å². The topological polar surface area (TPSA) is 104 Å². The second kappa shape index (κ2) is 12.9. The average molecular weight is 523 g/mol. The molecule has 0 spiro atoms. The Morgan fingerprint density at radius 3 is 2.47 bits per heavy atom. The summed E-state index contributed by atoms with van der Waals surface area (Å²) in [5.41, 5.74) is 1.18. The van der Waals surface area contributed by atoms with Crippen LogP contribution in [0.1, 0.15) is 74.8 Å². The Balaban J connectivity index is 1.54. The predicted octanol–water partition coefficient (Wildman–Crippen LogP) is 4.89. The van der Waals surface area contributed by atoms with Gasteiger partial charge in [0.05, 0.1) is 7.11 Å². The van der Waals surface area contributed by atoms with Gasteiger partial charge in [-0.05, 0) is 43.6 Å². The maximum Gasteiger partial charge on any atom is 0.328 e. The number of ether oxygens (including phenoxy) is 3. The van der Waals surface area contributed by atoms with Crippen molar-refractivity contribution in [3.05, 3.63) is 53.9 Å². The van der Waals surface area contributed by atoms with Gasteiger partial charge in [0.1, 0.15) is 12.1 Å². The fourth-order valence-corrected chi connectivity index (χ4v) is 6.24. The van der Waals surface area contributed by atoms with Gasteiger partial charge in [-0.3, -0.25) is 9.59 Å². The lowest BCUT2D eigenvalue weighted by Crippen LogP contribution is -2.44. The lowest BCUT2D eigenvalue weighted by Gasteiger charge is -2.35. The van der Waals surface area contributed by atoms with Crippen molar-refractivity contribution < 1.29 is 28.6 Å². The van der Waals surface area contributed by atoms with Crippen LogP contribution in [0.5, 0.6) is 11.5 Å². The second-order valence-corrected chi connectivity index (χ2v) is 10.5. The molecule has 204 valence electrons. The van der Waals surface area contributed by atoms with Crippen LogP contribution in [0, 0.1) is 17.8 Å². The van der Waals surface area contributed by atoms with Crippen LogP contribution in [-0.2, 0) is 20.7 Å². The molecule has 1 amide bonds. The fraction of sp³-hybridized carbons (Fsp3) is 0.533. The molecule has 38 heavy (non-hydrogen) atoms. The summed E-state index contributed by atoms with van der Waals surface area (Å²) in [4.78, 5) is 42.3. The Kier molecular flexibility index (Phi) is 9.37. The zero-order valence-electron chi connectivity index (χ0n) is 22.5. The van der Waals surface area contributed by atoms with Crippen LogP contribution >= 0.6 is 0 Å². The van der Waals surface area contributed by atoms with Crippen LogP contribution < -0.4 is 14.8 Å². The third kappa shape index (κ3) is 6.71. The van der Waals surface area contributed by atoms with E-state index in [2.05, 4.69) is 34.6 Å². The predicted molar refractivity (Wildman–Crippen MR) is 142 cm³/mol. The minimum absolute atomic E-state index is 0.0750. The van der Waals surface area contributed by atoms with E-state index < -0.39 is 23.9 Å². The molecular formula is C30H38N2O6. The van der Waals surface area contributed by atoms with Gasteiger partial charge in [-0.25, -0.2) is 9.78 Å². The number of nitrogens with zero attached hydrogens (tertiary/aromatic N) is 1. The number of benzene rings is 1. The van der Waals surface area contributed by atoms with Crippen LogP contribution in [0.25, 0.3) is 0 Å². The number of hydrogen-bond acceptors (Lipinski definition) is 7. The lowest BCUT2D eigenvalue weighted by atomic mass is 9.73. The first kappa shape index (κ1) is 27.6. The molecule has 1 aromatic heterocycles. The van der Waals surface area contributed by atoms with E-state index in [0.717, 1.165) is 19.3 Å². The molecule has 1 saturated carbocycles. The standard InChI is InChI=1S/C30H38N2O6/c1-19-26(22-12-7-8-13-22)23(18-21-10-5-4-6-11-21)14-9-15-24(30(35)37-19)32-29(34)27-28(38-20(2)33)25(36-3)16-17-31-27/h4-6,10-11,16-17,19,22-24,26H,7-9,12-15,18H2,1-3H3,(H,32,34)/t19-,23+,24-,26+/m0/s1. The van der Waals surface area contributed by atoms with Crippen molar-refractivity contribution in [3.63, 3.8) is 0 Å². The number of esters is 2. The van der Waals surface area contributed by atoms with Crippen molar-refractivity contribution in [2.75, 3.05) is 7.11 Å². The molecule has 1 aromatic carbocycles. The monoisotopic (exact) mass is 522 g/mol. The van der Waals surface area contributed by atoms with Crippen LogP contribution in [0.3, 0.4) is 0 Å². The van der Waals surface area contributed by atoms with Gasteiger partial charge in [0.15, 0.2) is 11.4 Å². The molecule has 1 N–H and O–H groups in total. The summed E-state index contributed by atoms with van der Waals surface area (Å²) < 4.78 is 16.5. The summed E-state index contributed by atoms with van der Waals surface area (Å²) in [6.07, 6.45) is 9.01. The summed E-state index contributed by atoms with van der Waals surface area (Å²) in [5, 5.41) is 2.79. The maximum absolute atomic E-state index is 13.3. The van der Waals surface area contributed by atoms with Gasteiger partial charge in [0.25, 0.3) is 5.91 Å². The smallest absolute Gasteiger partial charge is 0.328 e. The molecular weight excluding hydrogens is 484 g/mol. The second-order valence-electron chi connectivity index (χ2n) is 10.5. The van der Waals surface area contributed by atoms with E-state index in [1.807, 2.05) is 13.0 Å². The van der Waals surface area contributed by atoms with Crippen LogP contribution in [0.4, 0.5) is 0 Å². The van der Waals surface area contributed by atoms with E-state index in [9.17, 15) is 14.4 Å². The number of cyclic esters (lactones) is 1. The summed E-state index contributed by atoms with van der Waals surface area (Å²) in [5.74, 6) is -0.356.